The second-order valence-corrected chi connectivity index (χ2v) is 7.12. The number of benzene rings is 1. The van der Waals surface area contributed by atoms with Crippen molar-refractivity contribution in [1.82, 2.24) is 4.90 Å². The van der Waals surface area contributed by atoms with Gasteiger partial charge in [-0.15, -0.1) is 0 Å². The Morgan fingerprint density at radius 1 is 1.17 bits per heavy atom. The lowest BCUT2D eigenvalue weighted by molar-refractivity contribution is 0.144. The Kier molecular flexibility index (Phi) is 3.66. The largest absolute Gasteiger partial charge is 0.465 e. The first kappa shape index (κ1) is 14.8. The van der Waals surface area contributed by atoms with Crippen molar-refractivity contribution < 1.29 is 14.3 Å². The first-order chi connectivity index (χ1) is 11.1. The van der Waals surface area contributed by atoms with Gasteiger partial charge in [-0.25, -0.2) is 9.18 Å². The van der Waals surface area contributed by atoms with Gasteiger partial charge in [-0.1, -0.05) is 25.3 Å². The number of nitrogens with zero attached hydrogens (tertiary/aromatic N) is 2. The van der Waals surface area contributed by atoms with E-state index >= 15 is 0 Å². The van der Waals surface area contributed by atoms with Gasteiger partial charge in [-0.2, -0.15) is 0 Å². The van der Waals surface area contributed by atoms with Gasteiger partial charge in [-0.05, 0) is 36.3 Å². The molecule has 2 atom stereocenters. The third kappa shape index (κ3) is 2.46. The SMILES string of the molecule is O=C(O)N1CCN2CC3CCCCCC3c3c(F)ccc(c32)C1. The number of halogens is 1. The van der Waals surface area contributed by atoms with Crippen LogP contribution in [0.1, 0.15) is 49.1 Å². The molecule has 1 amide bonds. The third-order valence-electron chi connectivity index (χ3n) is 5.82. The van der Waals surface area contributed by atoms with Crippen LogP contribution in [0.15, 0.2) is 12.1 Å². The van der Waals surface area contributed by atoms with Crippen LogP contribution in [0.25, 0.3) is 0 Å². The van der Waals surface area contributed by atoms with E-state index < -0.39 is 6.09 Å². The zero-order valence-electron chi connectivity index (χ0n) is 13.3. The van der Waals surface area contributed by atoms with Gasteiger partial charge in [0.25, 0.3) is 0 Å². The fourth-order valence-electron chi connectivity index (χ4n) is 4.73. The lowest BCUT2D eigenvalue weighted by Gasteiger charge is -2.41. The molecule has 2 aliphatic heterocycles. The second-order valence-electron chi connectivity index (χ2n) is 7.12. The minimum atomic E-state index is -0.892. The van der Waals surface area contributed by atoms with Crippen molar-refractivity contribution in [3.8, 4) is 0 Å². The summed E-state index contributed by atoms with van der Waals surface area (Å²) in [5.41, 5.74) is 2.83. The van der Waals surface area contributed by atoms with Crippen LogP contribution < -0.4 is 4.90 Å². The van der Waals surface area contributed by atoms with Crippen LogP contribution in [0.3, 0.4) is 0 Å². The molecular weight excluding hydrogens is 295 g/mol. The average Bonchev–Trinajstić information content (AvgIpc) is 2.87. The molecule has 1 N–H and O–H groups in total. The van der Waals surface area contributed by atoms with Gasteiger partial charge in [0.05, 0.1) is 6.54 Å². The van der Waals surface area contributed by atoms with E-state index in [1.165, 1.54) is 24.2 Å². The zero-order valence-corrected chi connectivity index (χ0v) is 13.3. The maximum Gasteiger partial charge on any atom is 0.407 e. The molecule has 0 spiro atoms. The number of carboxylic acid groups (broad SMARTS) is 1. The molecule has 0 saturated heterocycles. The Morgan fingerprint density at radius 2 is 2.00 bits per heavy atom. The van der Waals surface area contributed by atoms with Gasteiger partial charge in [0.1, 0.15) is 5.82 Å². The Labute approximate surface area is 135 Å². The fraction of sp³-hybridized carbons (Fsp3) is 0.611. The van der Waals surface area contributed by atoms with E-state index in [0.717, 1.165) is 36.2 Å². The fourth-order valence-corrected chi connectivity index (χ4v) is 4.73. The molecule has 1 aromatic rings. The zero-order chi connectivity index (χ0) is 16.0. The van der Waals surface area contributed by atoms with E-state index in [1.54, 1.807) is 12.1 Å². The lowest BCUT2D eigenvalue weighted by Crippen LogP contribution is -2.41. The van der Waals surface area contributed by atoms with Gasteiger partial charge >= 0.3 is 6.09 Å². The normalized spacial score (nSPS) is 26.8. The van der Waals surface area contributed by atoms with Crippen LogP contribution in [0.2, 0.25) is 0 Å². The first-order valence-corrected chi connectivity index (χ1v) is 8.69. The molecule has 2 heterocycles. The molecule has 23 heavy (non-hydrogen) atoms. The molecule has 4 nitrogen and oxygen atoms in total. The van der Waals surface area contributed by atoms with E-state index in [9.17, 15) is 14.3 Å². The molecule has 4 rings (SSSR count). The summed E-state index contributed by atoms with van der Waals surface area (Å²) in [7, 11) is 0. The van der Waals surface area contributed by atoms with Crippen molar-refractivity contribution in [3.63, 3.8) is 0 Å². The van der Waals surface area contributed by atoms with E-state index in [2.05, 4.69) is 4.90 Å². The Morgan fingerprint density at radius 3 is 2.83 bits per heavy atom. The number of anilines is 1. The van der Waals surface area contributed by atoms with Crippen LogP contribution in [0.4, 0.5) is 14.9 Å². The number of amides is 1. The van der Waals surface area contributed by atoms with Crippen molar-refractivity contribution in [3.05, 3.63) is 29.1 Å². The van der Waals surface area contributed by atoms with Gasteiger partial charge < -0.3 is 14.9 Å². The summed E-state index contributed by atoms with van der Waals surface area (Å²) < 4.78 is 14.7. The maximum absolute atomic E-state index is 14.7. The third-order valence-corrected chi connectivity index (χ3v) is 5.82. The molecule has 0 radical (unpaired) electrons. The van der Waals surface area contributed by atoms with Crippen LogP contribution in [-0.2, 0) is 6.54 Å². The molecule has 1 fully saturated rings. The molecule has 0 bridgehead atoms. The summed E-state index contributed by atoms with van der Waals surface area (Å²) in [4.78, 5) is 15.1. The van der Waals surface area contributed by atoms with Crippen LogP contribution in [0.5, 0.6) is 0 Å². The number of hydrogen-bond donors (Lipinski definition) is 1. The molecule has 1 aromatic carbocycles. The van der Waals surface area contributed by atoms with Crippen molar-refractivity contribution in [2.45, 2.75) is 44.6 Å². The Bertz CT molecular complexity index is 634. The van der Waals surface area contributed by atoms with Crippen molar-refractivity contribution in [2.75, 3.05) is 24.5 Å². The predicted octanol–water partition coefficient (Wildman–Crippen LogP) is 3.80. The molecular formula is C18H23FN2O2. The monoisotopic (exact) mass is 318 g/mol. The molecule has 0 aromatic heterocycles. The summed E-state index contributed by atoms with van der Waals surface area (Å²) >= 11 is 0. The average molecular weight is 318 g/mol. The Hall–Kier alpha value is -1.78. The first-order valence-electron chi connectivity index (χ1n) is 8.69. The van der Waals surface area contributed by atoms with E-state index in [4.69, 9.17) is 0 Å². The maximum atomic E-state index is 14.7. The van der Waals surface area contributed by atoms with Crippen LogP contribution in [-0.4, -0.2) is 35.7 Å². The molecule has 2 unspecified atom stereocenters. The van der Waals surface area contributed by atoms with E-state index in [-0.39, 0.29) is 5.82 Å². The number of carbonyl (C=O) groups is 1. The lowest BCUT2D eigenvalue weighted by atomic mass is 9.77. The second kappa shape index (κ2) is 5.69. The molecule has 1 saturated carbocycles. The summed E-state index contributed by atoms with van der Waals surface area (Å²) in [6.07, 6.45) is 4.98. The molecule has 3 aliphatic rings. The highest BCUT2D eigenvalue weighted by Crippen LogP contribution is 2.48. The topological polar surface area (TPSA) is 43.8 Å². The number of fused-ring (bicyclic) bond motifs is 2. The van der Waals surface area contributed by atoms with Crippen molar-refractivity contribution in [2.24, 2.45) is 5.92 Å². The minimum Gasteiger partial charge on any atom is -0.465 e. The van der Waals surface area contributed by atoms with Crippen molar-refractivity contribution in [1.29, 1.82) is 0 Å². The highest BCUT2D eigenvalue weighted by atomic mass is 19.1. The predicted molar refractivity (Wildman–Crippen MR) is 86.4 cm³/mol. The standard InChI is InChI=1S/C18H23FN2O2/c19-15-7-6-13-11-21(18(22)23)9-8-20-10-12-4-2-1-3-5-14(12)16(15)17(13)20/h6-7,12,14H,1-5,8-11H2,(H,22,23). The Balaban J connectivity index is 1.82. The number of rotatable bonds is 0. The molecule has 5 heteroatoms. The van der Waals surface area contributed by atoms with Gasteiger partial charge in [0.2, 0.25) is 0 Å². The summed E-state index contributed by atoms with van der Waals surface area (Å²) in [5, 5.41) is 9.36. The van der Waals surface area contributed by atoms with Gasteiger partial charge in [-0.3, -0.25) is 0 Å². The van der Waals surface area contributed by atoms with Gasteiger partial charge in [0, 0.05) is 30.9 Å². The van der Waals surface area contributed by atoms with E-state index in [0.29, 0.717) is 31.5 Å². The van der Waals surface area contributed by atoms with E-state index in [1.807, 2.05) is 0 Å². The quantitative estimate of drug-likeness (QED) is 0.791. The van der Waals surface area contributed by atoms with Crippen molar-refractivity contribution >= 4 is 11.8 Å². The van der Waals surface area contributed by atoms with Gasteiger partial charge in [0.15, 0.2) is 0 Å². The molecule has 124 valence electrons. The summed E-state index contributed by atoms with van der Waals surface area (Å²) in [6.45, 7) is 2.47. The molecule has 1 aliphatic carbocycles. The summed E-state index contributed by atoms with van der Waals surface area (Å²) in [5.74, 6) is 0.709. The van der Waals surface area contributed by atoms with Crippen LogP contribution in [0, 0.1) is 11.7 Å². The highest BCUT2D eigenvalue weighted by Gasteiger charge is 2.38. The smallest absolute Gasteiger partial charge is 0.407 e. The minimum absolute atomic E-state index is 0.103. The summed E-state index contributed by atoms with van der Waals surface area (Å²) in [6, 6.07) is 3.32. The number of hydrogen-bond acceptors (Lipinski definition) is 2. The highest BCUT2D eigenvalue weighted by molar-refractivity contribution is 5.69. The van der Waals surface area contributed by atoms with Crippen LogP contribution >= 0.6 is 0 Å².